The number of ether oxygens (including phenoxy) is 1. The summed E-state index contributed by atoms with van der Waals surface area (Å²) >= 11 is 0. The molecule has 6 nitrogen and oxygen atoms in total. The Labute approximate surface area is 92.5 Å². The van der Waals surface area contributed by atoms with Crippen LogP contribution in [0.4, 0.5) is 5.82 Å². The number of rotatable bonds is 2. The minimum Gasteiger partial charge on any atom is -0.376 e. The number of hydrogen-bond donors (Lipinski definition) is 2. The average molecular weight is 219 g/mol. The minimum atomic E-state index is 0.216. The monoisotopic (exact) mass is 219 g/mol. The summed E-state index contributed by atoms with van der Waals surface area (Å²) in [4.78, 5) is 15.4. The molecule has 1 fully saturated rings. The molecule has 6 heteroatoms. The molecule has 0 saturated carbocycles. The van der Waals surface area contributed by atoms with Crippen LogP contribution in [0.3, 0.4) is 0 Å². The normalized spacial score (nSPS) is 25.1. The first-order chi connectivity index (χ1) is 7.84. The van der Waals surface area contributed by atoms with Gasteiger partial charge in [-0.2, -0.15) is 0 Å². The van der Waals surface area contributed by atoms with Gasteiger partial charge < -0.3 is 15.0 Å². The summed E-state index contributed by atoms with van der Waals surface area (Å²) in [7, 11) is 0. The molecular weight excluding hydrogens is 206 g/mol. The Morgan fingerprint density at radius 3 is 3.19 bits per heavy atom. The molecule has 1 aliphatic heterocycles. The number of fused-ring (bicyclic) bond motifs is 1. The maximum Gasteiger partial charge on any atom is 0.182 e. The van der Waals surface area contributed by atoms with Crippen molar-refractivity contribution in [1.29, 1.82) is 0 Å². The van der Waals surface area contributed by atoms with E-state index in [2.05, 4.69) is 32.2 Å². The molecule has 84 valence electrons. The maximum atomic E-state index is 5.50. The van der Waals surface area contributed by atoms with Gasteiger partial charge in [-0.1, -0.05) is 0 Å². The van der Waals surface area contributed by atoms with E-state index in [9.17, 15) is 0 Å². The number of imidazole rings is 1. The van der Waals surface area contributed by atoms with E-state index in [-0.39, 0.29) is 6.10 Å². The van der Waals surface area contributed by atoms with Crippen molar-refractivity contribution in [3.05, 3.63) is 12.7 Å². The highest BCUT2D eigenvalue weighted by Crippen LogP contribution is 2.21. The van der Waals surface area contributed by atoms with E-state index in [0.29, 0.717) is 11.7 Å². The van der Waals surface area contributed by atoms with Crippen LogP contribution in [0.2, 0.25) is 0 Å². The Hall–Kier alpha value is -1.69. The fraction of sp³-hybridized carbons (Fsp3) is 0.500. The molecule has 2 N–H and O–H groups in total. The van der Waals surface area contributed by atoms with E-state index >= 15 is 0 Å². The summed E-state index contributed by atoms with van der Waals surface area (Å²) in [6.45, 7) is 2.87. The highest BCUT2D eigenvalue weighted by Gasteiger charge is 2.25. The zero-order valence-electron chi connectivity index (χ0n) is 8.97. The second kappa shape index (κ2) is 3.71. The molecule has 1 aliphatic rings. The zero-order chi connectivity index (χ0) is 11.0. The first-order valence-electron chi connectivity index (χ1n) is 5.37. The van der Waals surface area contributed by atoms with Gasteiger partial charge in [-0.15, -0.1) is 0 Å². The molecule has 0 radical (unpaired) electrons. The van der Waals surface area contributed by atoms with Crippen LogP contribution in [-0.4, -0.2) is 38.7 Å². The summed E-state index contributed by atoms with van der Waals surface area (Å²) in [6.07, 6.45) is 4.36. The fourth-order valence-electron chi connectivity index (χ4n) is 1.97. The lowest BCUT2D eigenvalue weighted by Gasteiger charge is -2.16. The number of hydrogen-bond acceptors (Lipinski definition) is 5. The lowest BCUT2D eigenvalue weighted by Crippen LogP contribution is -2.27. The lowest BCUT2D eigenvalue weighted by atomic mass is 10.1. The number of nitrogens with zero attached hydrogens (tertiary/aromatic N) is 3. The second-order valence-electron chi connectivity index (χ2n) is 3.94. The predicted octanol–water partition coefficient (Wildman–Crippen LogP) is 0.942. The van der Waals surface area contributed by atoms with Crippen molar-refractivity contribution in [1.82, 2.24) is 19.9 Å². The number of aromatic amines is 1. The fourth-order valence-corrected chi connectivity index (χ4v) is 1.97. The molecule has 16 heavy (non-hydrogen) atoms. The Bertz CT molecular complexity index is 497. The van der Waals surface area contributed by atoms with E-state index in [4.69, 9.17) is 4.74 Å². The standard InChI is InChI=1S/C10H13N5O/c1-6-7(2-3-16-6)15-10-8-9(12-4-11-8)13-5-14-10/h4-7H,2-3H2,1H3,(H2,11,12,13,14,15). The van der Waals surface area contributed by atoms with Crippen molar-refractivity contribution in [2.24, 2.45) is 0 Å². The van der Waals surface area contributed by atoms with Crippen LogP contribution < -0.4 is 5.32 Å². The van der Waals surface area contributed by atoms with Gasteiger partial charge >= 0.3 is 0 Å². The molecule has 3 rings (SSSR count). The minimum absolute atomic E-state index is 0.216. The van der Waals surface area contributed by atoms with E-state index in [1.54, 1.807) is 6.33 Å². The largest absolute Gasteiger partial charge is 0.376 e. The number of nitrogens with one attached hydrogen (secondary N) is 2. The van der Waals surface area contributed by atoms with Gasteiger partial charge in [0.2, 0.25) is 0 Å². The first kappa shape index (κ1) is 9.53. The maximum absolute atomic E-state index is 5.50. The smallest absolute Gasteiger partial charge is 0.182 e. The molecule has 2 unspecified atom stereocenters. The number of H-pyrrole nitrogens is 1. The average Bonchev–Trinajstić information content (AvgIpc) is 2.89. The molecule has 3 heterocycles. The Morgan fingerprint density at radius 2 is 2.38 bits per heavy atom. The van der Waals surface area contributed by atoms with Crippen LogP contribution in [0.5, 0.6) is 0 Å². The van der Waals surface area contributed by atoms with Crippen molar-refractivity contribution in [2.45, 2.75) is 25.5 Å². The summed E-state index contributed by atoms with van der Waals surface area (Å²) in [5.74, 6) is 0.796. The quantitative estimate of drug-likeness (QED) is 0.786. The summed E-state index contributed by atoms with van der Waals surface area (Å²) < 4.78 is 5.50. The third-order valence-corrected chi connectivity index (χ3v) is 2.92. The summed E-state index contributed by atoms with van der Waals surface area (Å²) in [6, 6.07) is 0.307. The summed E-state index contributed by atoms with van der Waals surface area (Å²) in [5.41, 5.74) is 1.53. The second-order valence-corrected chi connectivity index (χ2v) is 3.94. The molecule has 2 aromatic heterocycles. The molecule has 0 spiro atoms. The van der Waals surface area contributed by atoms with Gasteiger partial charge in [0.25, 0.3) is 0 Å². The zero-order valence-corrected chi connectivity index (χ0v) is 8.97. The highest BCUT2D eigenvalue weighted by atomic mass is 16.5. The highest BCUT2D eigenvalue weighted by molar-refractivity contribution is 5.82. The van der Waals surface area contributed by atoms with Gasteiger partial charge in [0.1, 0.15) is 11.8 Å². The van der Waals surface area contributed by atoms with Crippen LogP contribution in [0, 0.1) is 0 Å². The molecule has 0 bridgehead atoms. The number of anilines is 1. The van der Waals surface area contributed by atoms with Gasteiger partial charge in [-0.25, -0.2) is 15.0 Å². The molecule has 2 aromatic rings. The Morgan fingerprint density at radius 1 is 1.44 bits per heavy atom. The molecule has 0 amide bonds. The Kier molecular flexibility index (Phi) is 2.21. The van der Waals surface area contributed by atoms with Gasteiger partial charge in [0.05, 0.1) is 18.5 Å². The van der Waals surface area contributed by atoms with E-state index in [1.165, 1.54) is 6.33 Å². The van der Waals surface area contributed by atoms with Crippen molar-refractivity contribution in [3.8, 4) is 0 Å². The van der Waals surface area contributed by atoms with Crippen molar-refractivity contribution < 1.29 is 4.74 Å². The molecular formula is C10H13N5O. The molecule has 2 atom stereocenters. The van der Waals surface area contributed by atoms with Crippen molar-refractivity contribution in [3.63, 3.8) is 0 Å². The van der Waals surface area contributed by atoms with Crippen molar-refractivity contribution >= 4 is 17.0 Å². The first-order valence-corrected chi connectivity index (χ1v) is 5.37. The third kappa shape index (κ3) is 1.51. The Balaban J connectivity index is 1.91. The van der Waals surface area contributed by atoms with Crippen LogP contribution in [0.15, 0.2) is 12.7 Å². The van der Waals surface area contributed by atoms with Crippen LogP contribution >= 0.6 is 0 Å². The van der Waals surface area contributed by atoms with E-state index in [1.807, 2.05) is 0 Å². The van der Waals surface area contributed by atoms with Crippen molar-refractivity contribution in [2.75, 3.05) is 11.9 Å². The van der Waals surface area contributed by atoms with Gasteiger partial charge in [0, 0.05) is 6.61 Å². The van der Waals surface area contributed by atoms with E-state index < -0.39 is 0 Å². The van der Waals surface area contributed by atoms with E-state index in [0.717, 1.165) is 24.4 Å². The van der Waals surface area contributed by atoms with Crippen LogP contribution in [0.1, 0.15) is 13.3 Å². The molecule has 0 aromatic carbocycles. The SMILES string of the molecule is CC1OCCC1Nc1ncnc2nc[nH]c12. The van der Waals surface area contributed by atoms with Crippen LogP contribution in [-0.2, 0) is 4.74 Å². The number of aromatic nitrogens is 4. The summed E-state index contributed by atoms with van der Waals surface area (Å²) in [5, 5.41) is 3.37. The topological polar surface area (TPSA) is 75.7 Å². The lowest BCUT2D eigenvalue weighted by molar-refractivity contribution is 0.121. The molecule has 1 saturated heterocycles. The molecule has 0 aliphatic carbocycles. The van der Waals surface area contributed by atoms with Gasteiger partial charge in [-0.3, -0.25) is 0 Å². The predicted molar refractivity (Wildman–Crippen MR) is 59.1 cm³/mol. The van der Waals surface area contributed by atoms with Gasteiger partial charge in [-0.05, 0) is 13.3 Å². The van der Waals surface area contributed by atoms with Crippen LogP contribution in [0.25, 0.3) is 11.2 Å². The third-order valence-electron chi connectivity index (χ3n) is 2.92. The van der Waals surface area contributed by atoms with Gasteiger partial charge in [0.15, 0.2) is 11.5 Å².